The number of rotatable bonds is 7. The molecular weight excluding hydrogens is 373 g/mol. The first kappa shape index (κ1) is 22.0. The lowest BCUT2D eigenvalue weighted by Gasteiger charge is -2.34. The highest BCUT2D eigenvalue weighted by Crippen LogP contribution is 2.29. The van der Waals surface area contributed by atoms with E-state index in [-0.39, 0.29) is 18.4 Å². The third kappa shape index (κ3) is 7.03. The summed E-state index contributed by atoms with van der Waals surface area (Å²) in [4.78, 5) is 26.5. The van der Waals surface area contributed by atoms with Gasteiger partial charge in [0.15, 0.2) is 0 Å². The minimum absolute atomic E-state index is 0.127. The summed E-state index contributed by atoms with van der Waals surface area (Å²) in [6, 6.07) is 4.72. The Bertz CT molecular complexity index is 681. The van der Waals surface area contributed by atoms with Crippen molar-refractivity contribution in [1.29, 1.82) is 0 Å². The van der Waals surface area contributed by atoms with Gasteiger partial charge >= 0.3 is 12.2 Å². The molecule has 0 spiro atoms. The van der Waals surface area contributed by atoms with Crippen LogP contribution in [0.4, 0.5) is 18.0 Å². The molecule has 0 radical (unpaired) electrons. The van der Waals surface area contributed by atoms with Crippen molar-refractivity contribution in [1.82, 2.24) is 15.1 Å². The van der Waals surface area contributed by atoms with Gasteiger partial charge in [-0.15, -0.1) is 0 Å². The van der Waals surface area contributed by atoms with Crippen molar-refractivity contribution in [3.63, 3.8) is 0 Å². The normalized spacial score (nSPS) is 17.9. The zero-order chi connectivity index (χ0) is 20.7. The fourth-order valence-corrected chi connectivity index (χ4v) is 3.48. The van der Waals surface area contributed by atoms with Crippen LogP contribution < -0.4 is 11.1 Å². The molecule has 1 unspecified atom stereocenters. The van der Waals surface area contributed by atoms with E-state index in [1.165, 1.54) is 12.1 Å². The van der Waals surface area contributed by atoms with Crippen molar-refractivity contribution in [2.75, 3.05) is 39.8 Å². The number of halogens is 3. The molecule has 1 aromatic rings. The summed E-state index contributed by atoms with van der Waals surface area (Å²) in [5.74, 6) is 0.0812. The predicted octanol–water partition coefficient (Wildman–Crippen LogP) is 2.09. The number of nitrogens with two attached hydrogens (primary N) is 1. The lowest BCUT2D eigenvalue weighted by Crippen LogP contribution is -2.45. The van der Waals surface area contributed by atoms with E-state index in [1.54, 1.807) is 18.0 Å². The molecule has 0 bridgehead atoms. The van der Waals surface area contributed by atoms with Crippen LogP contribution in [0.1, 0.15) is 24.0 Å². The van der Waals surface area contributed by atoms with Crippen molar-refractivity contribution >= 4 is 11.9 Å². The maximum atomic E-state index is 12.8. The molecule has 0 aromatic heterocycles. The molecule has 1 aromatic carbocycles. The largest absolute Gasteiger partial charge is 0.416 e. The van der Waals surface area contributed by atoms with Crippen LogP contribution in [0.5, 0.6) is 0 Å². The number of carbonyl (C=O) groups excluding carboxylic acids is 2. The Morgan fingerprint density at radius 2 is 2.11 bits per heavy atom. The third-order valence-corrected chi connectivity index (χ3v) is 4.95. The Hall–Kier alpha value is -2.29. The first-order valence-corrected chi connectivity index (χ1v) is 9.31. The summed E-state index contributed by atoms with van der Waals surface area (Å²) < 4.78 is 38.5. The number of piperidine rings is 1. The number of primary amides is 1. The van der Waals surface area contributed by atoms with Gasteiger partial charge in [-0.2, -0.15) is 13.2 Å². The molecule has 6 nitrogen and oxygen atoms in total. The Labute approximate surface area is 162 Å². The Balaban J connectivity index is 1.82. The second-order valence-electron chi connectivity index (χ2n) is 7.25. The average molecular weight is 400 g/mol. The highest BCUT2D eigenvalue weighted by molar-refractivity contribution is 5.83. The van der Waals surface area contributed by atoms with Gasteiger partial charge in [-0.3, -0.25) is 4.79 Å². The van der Waals surface area contributed by atoms with Crippen LogP contribution in [0.3, 0.4) is 0 Å². The van der Waals surface area contributed by atoms with Crippen LogP contribution in [0, 0.1) is 5.92 Å². The van der Waals surface area contributed by atoms with E-state index in [4.69, 9.17) is 5.73 Å². The number of urea groups is 1. The van der Waals surface area contributed by atoms with E-state index in [0.717, 1.165) is 32.0 Å². The monoisotopic (exact) mass is 400 g/mol. The van der Waals surface area contributed by atoms with Gasteiger partial charge in [-0.05, 0) is 43.4 Å². The number of carbonyl (C=O) groups is 2. The SMILES string of the molecule is CN(CC1CCCN(CCc2cccc(C(F)(F)F)c2)C1)C(=O)CNC(N)=O. The Kier molecular flexibility index (Phi) is 7.68. The number of hydrogen-bond donors (Lipinski definition) is 2. The van der Waals surface area contributed by atoms with Gasteiger partial charge in [0.2, 0.25) is 5.91 Å². The summed E-state index contributed by atoms with van der Waals surface area (Å²) in [6.45, 7) is 2.81. The number of likely N-dealkylation sites (tertiary alicyclic amines) is 1. The first-order chi connectivity index (χ1) is 13.1. The van der Waals surface area contributed by atoms with E-state index in [2.05, 4.69) is 10.2 Å². The fraction of sp³-hybridized carbons (Fsp3) is 0.579. The fourth-order valence-electron chi connectivity index (χ4n) is 3.48. The Morgan fingerprint density at radius 3 is 2.79 bits per heavy atom. The van der Waals surface area contributed by atoms with Crippen molar-refractivity contribution in [3.05, 3.63) is 35.4 Å². The number of alkyl halides is 3. The van der Waals surface area contributed by atoms with Crippen molar-refractivity contribution in [2.45, 2.75) is 25.4 Å². The standard InChI is InChI=1S/C19H27F3N4O2/c1-25(17(27)11-24-18(23)28)12-15-5-3-8-26(13-15)9-7-14-4-2-6-16(10-14)19(20,21)22/h2,4,6,10,15H,3,5,7-9,11-13H2,1H3,(H3,23,24,28). The molecule has 1 aliphatic rings. The van der Waals surface area contributed by atoms with Gasteiger partial charge in [0.25, 0.3) is 0 Å². The van der Waals surface area contributed by atoms with E-state index in [9.17, 15) is 22.8 Å². The van der Waals surface area contributed by atoms with Gasteiger partial charge < -0.3 is 20.9 Å². The van der Waals surface area contributed by atoms with E-state index < -0.39 is 17.8 Å². The van der Waals surface area contributed by atoms with Gasteiger partial charge in [0.1, 0.15) is 0 Å². The van der Waals surface area contributed by atoms with Gasteiger partial charge in [0.05, 0.1) is 12.1 Å². The van der Waals surface area contributed by atoms with Crippen molar-refractivity contribution < 1.29 is 22.8 Å². The van der Waals surface area contributed by atoms with Crippen LogP contribution in [0.15, 0.2) is 24.3 Å². The minimum atomic E-state index is -4.33. The molecule has 9 heteroatoms. The van der Waals surface area contributed by atoms with Gasteiger partial charge in [0, 0.05) is 26.7 Å². The lowest BCUT2D eigenvalue weighted by atomic mass is 9.97. The maximum Gasteiger partial charge on any atom is 0.416 e. The molecule has 1 heterocycles. The minimum Gasteiger partial charge on any atom is -0.352 e. The van der Waals surface area contributed by atoms with E-state index in [1.807, 2.05) is 0 Å². The second-order valence-corrected chi connectivity index (χ2v) is 7.25. The number of nitrogens with one attached hydrogen (secondary N) is 1. The molecule has 3 N–H and O–H groups in total. The van der Waals surface area contributed by atoms with Crippen LogP contribution in [-0.4, -0.2) is 61.5 Å². The average Bonchev–Trinajstić information content (AvgIpc) is 2.64. The highest BCUT2D eigenvalue weighted by atomic mass is 19.4. The van der Waals surface area contributed by atoms with E-state index >= 15 is 0 Å². The van der Waals surface area contributed by atoms with Crippen LogP contribution >= 0.6 is 0 Å². The van der Waals surface area contributed by atoms with Crippen LogP contribution in [0.25, 0.3) is 0 Å². The molecule has 1 atom stereocenters. The summed E-state index contributed by atoms with van der Waals surface area (Å²) in [6.07, 6.45) is -1.81. The summed E-state index contributed by atoms with van der Waals surface area (Å²) in [5, 5.41) is 2.28. The molecule has 0 aliphatic carbocycles. The zero-order valence-corrected chi connectivity index (χ0v) is 16.0. The topological polar surface area (TPSA) is 78.7 Å². The molecule has 3 amide bonds. The summed E-state index contributed by atoms with van der Waals surface area (Å²) in [7, 11) is 1.69. The number of likely N-dealkylation sites (N-methyl/N-ethyl adjacent to an activating group) is 1. The summed E-state index contributed by atoms with van der Waals surface area (Å²) in [5.41, 5.74) is 5.02. The molecule has 0 saturated carbocycles. The molecule has 2 rings (SSSR count). The molecule has 28 heavy (non-hydrogen) atoms. The quantitative estimate of drug-likeness (QED) is 0.736. The summed E-state index contributed by atoms with van der Waals surface area (Å²) >= 11 is 0. The highest BCUT2D eigenvalue weighted by Gasteiger charge is 2.30. The van der Waals surface area contributed by atoms with E-state index in [0.29, 0.717) is 25.1 Å². The molecule has 156 valence electrons. The molecule has 1 aliphatic heterocycles. The molecule has 1 saturated heterocycles. The first-order valence-electron chi connectivity index (χ1n) is 9.31. The van der Waals surface area contributed by atoms with Gasteiger partial charge in [-0.25, -0.2) is 4.79 Å². The number of hydrogen-bond acceptors (Lipinski definition) is 3. The predicted molar refractivity (Wildman–Crippen MR) is 99.5 cm³/mol. The molecular formula is C19H27F3N4O2. The second kappa shape index (κ2) is 9.77. The van der Waals surface area contributed by atoms with Crippen LogP contribution in [-0.2, 0) is 17.4 Å². The van der Waals surface area contributed by atoms with Crippen LogP contribution in [0.2, 0.25) is 0 Å². The number of benzene rings is 1. The Morgan fingerprint density at radius 1 is 1.36 bits per heavy atom. The van der Waals surface area contributed by atoms with Gasteiger partial charge in [-0.1, -0.05) is 18.2 Å². The molecule has 1 fully saturated rings. The zero-order valence-electron chi connectivity index (χ0n) is 16.0. The lowest BCUT2D eigenvalue weighted by molar-refractivity contribution is -0.137. The third-order valence-electron chi connectivity index (χ3n) is 4.95. The van der Waals surface area contributed by atoms with Crippen molar-refractivity contribution in [2.24, 2.45) is 11.7 Å². The van der Waals surface area contributed by atoms with Crippen molar-refractivity contribution in [3.8, 4) is 0 Å². The smallest absolute Gasteiger partial charge is 0.352 e. The maximum absolute atomic E-state index is 12.8. The number of amides is 3. The number of nitrogens with zero attached hydrogens (tertiary/aromatic N) is 2.